The largest absolute Gasteiger partial charge is 0.480 e. The zero-order valence-corrected chi connectivity index (χ0v) is 6.90. The van der Waals surface area contributed by atoms with Gasteiger partial charge in [-0.1, -0.05) is 7.43 Å². The van der Waals surface area contributed by atoms with Crippen LogP contribution >= 0.6 is 0 Å². The fourth-order valence-electron chi connectivity index (χ4n) is 0.882. The van der Waals surface area contributed by atoms with E-state index in [9.17, 15) is 14.4 Å². The molecule has 1 heterocycles. The molecule has 0 amide bonds. The highest BCUT2D eigenvalue weighted by atomic mass is 16.4. The summed E-state index contributed by atoms with van der Waals surface area (Å²) in [6.07, 6.45) is 1.22. The Morgan fingerprint density at radius 3 is 2.64 bits per heavy atom. The van der Waals surface area contributed by atoms with Crippen LogP contribution in [0.5, 0.6) is 0 Å². The van der Waals surface area contributed by atoms with Crippen LogP contribution in [0.25, 0.3) is 0 Å². The molecule has 0 unspecified atom stereocenters. The number of hydrogen-bond acceptors (Lipinski definition) is 3. The molecule has 0 aliphatic carbocycles. The fraction of sp³-hybridized carbons (Fsp3) is 0.375. The number of aromatic nitrogens is 2. The van der Waals surface area contributed by atoms with Gasteiger partial charge in [0.1, 0.15) is 6.54 Å². The molecule has 0 spiro atoms. The van der Waals surface area contributed by atoms with Crippen molar-refractivity contribution in [2.45, 2.75) is 20.9 Å². The number of rotatable bonds is 2. The number of aliphatic carboxylic acids is 1. The van der Waals surface area contributed by atoms with Gasteiger partial charge in [-0.3, -0.25) is 19.1 Å². The average molecular weight is 200 g/mol. The highest BCUT2D eigenvalue weighted by Crippen LogP contribution is 1.83. The van der Waals surface area contributed by atoms with Gasteiger partial charge in [-0.2, -0.15) is 0 Å². The molecule has 0 saturated heterocycles. The van der Waals surface area contributed by atoms with Crippen molar-refractivity contribution in [3.8, 4) is 0 Å². The van der Waals surface area contributed by atoms with Gasteiger partial charge in [0.25, 0.3) is 5.56 Å². The third-order valence-electron chi connectivity index (χ3n) is 1.49. The quantitative estimate of drug-likeness (QED) is 0.677. The van der Waals surface area contributed by atoms with Crippen molar-refractivity contribution in [1.82, 2.24) is 9.55 Å². The smallest absolute Gasteiger partial charge is 0.328 e. The molecule has 0 saturated carbocycles. The molecule has 78 valence electrons. The summed E-state index contributed by atoms with van der Waals surface area (Å²) >= 11 is 0. The van der Waals surface area contributed by atoms with E-state index in [4.69, 9.17) is 5.11 Å². The van der Waals surface area contributed by atoms with E-state index in [0.717, 1.165) is 4.57 Å². The Kier molecular flexibility index (Phi) is 3.82. The van der Waals surface area contributed by atoms with Crippen LogP contribution in [0.4, 0.5) is 0 Å². The molecule has 1 rings (SSSR count). The van der Waals surface area contributed by atoms with Gasteiger partial charge in [-0.05, 0) is 6.92 Å². The Morgan fingerprint density at radius 1 is 1.57 bits per heavy atom. The summed E-state index contributed by atoms with van der Waals surface area (Å²) in [6, 6.07) is 0. The number of aromatic amines is 1. The van der Waals surface area contributed by atoms with E-state index in [2.05, 4.69) is 0 Å². The van der Waals surface area contributed by atoms with E-state index in [1.807, 2.05) is 4.98 Å². The molecule has 0 fully saturated rings. The maximum absolute atomic E-state index is 11.0. The summed E-state index contributed by atoms with van der Waals surface area (Å²) in [4.78, 5) is 34.1. The summed E-state index contributed by atoms with van der Waals surface area (Å²) in [7, 11) is 0. The molecular formula is C8H12N2O4. The third-order valence-corrected chi connectivity index (χ3v) is 1.49. The second-order valence-corrected chi connectivity index (χ2v) is 2.59. The van der Waals surface area contributed by atoms with E-state index < -0.39 is 23.8 Å². The molecule has 0 radical (unpaired) electrons. The van der Waals surface area contributed by atoms with Crippen LogP contribution in [-0.2, 0) is 11.3 Å². The monoisotopic (exact) mass is 200 g/mol. The number of hydrogen-bond donors (Lipinski definition) is 2. The number of nitrogens with zero attached hydrogens (tertiary/aromatic N) is 1. The predicted molar refractivity (Wildman–Crippen MR) is 50.4 cm³/mol. The first-order valence-corrected chi connectivity index (χ1v) is 3.53. The van der Waals surface area contributed by atoms with Gasteiger partial charge in [0.2, 0.25) is 0 Å². The van der Waals surface area contributed by atoms with E-state index in [1.165, 1.54) is 13.1 Å². The van der Waals surface area contributed by atoms with Crippen LogP contribution in [0.1, 0.15) is 13.0 Å². The second kappa shape index (κ2) is 4.40. The van der Waals surface area contributed by atoms with Crippen LogP contribution in [0, 0.1) is 6.92 Å². The first kappa shape index (κ1) is 12.2. The molecule has 0 bridgehead atoms. The minimum Gasteiger partial charge on any atom is -0.480 e. The summed E-state index contributed by atoms with van der Waals surface area (Å²) in [5.41, 5.74) is -0.898. The van der Waals surface area contributed by atoms with E-state index >= 15 is 0 Å². The number of H-pyrrole nitrogens is 1. The summed E-state index contributed by atoms with van der Waals surface area (Å²) in [5, 5.41) is 8.40. The summed E-state index contributed by atoms with van der Waals surface area (Å²) < 4.78 is 0.930. The van der Waals surface area contributed by atoms with Gasteiger partial charge in [-0.25, -0.2) is 4.79 Å². The number of aryl methyl sites for hydroxylation is 1. The van der Waals surface area contributed by atoms with Crippen molar-refractivity contribution in [3.63, 3.8) is 0 Å². The van der Waals surface area contributed by atoms with Gasteiger partial charge in [0.15, 0.2) is 0 Å². The molecule has 0 aromatic carbocycles. The first-order valence-electron chi connectivity index (χ1n) is 3.53. The van der Waals surface area contributed by atoms with Gasteiger partial charge in [0.05, 0.1) is 0 Å². The Bertz CT molecular complexity index is 443. The van der Waals surface area contributed by atoms with E-state index in [0.29, 0.717) is 5.56 Å². The molecule has 2 N–H and O–H groups in total. The molecule has 1 aromatic heterocycles. The van der Waals surface area contributed by atoms with Crippen LogP contribution in [0.2, 0.25) is 0 Å². The van der Waals surface area contributed by atoms with E-state index in [-0.39, 0.29) is 7.43 Å². The zero-order chi connectivity index (χ0) is 10.0. The Hall–Kier alpha value is -1.85. The molecule has 0 aliphatic rings. The topological polar surface area (TPSA) is 92.2 Å². The number of carbonyl (C=O) groups is 1. The van der Waals surface area contributed by atoms with Crippen molar-refractivity contribution in [2.75, 3.05) is 0 Å². The number of carboxylic acid groups (broad SMARTS) is 1. The fourth-order valence-corrected chi connectivity index (χ4v) is 0.882. The van der Waals surface area contributed by atoms with Gasteiger partial charge in [-0.15, -0.1) is 0 Å². The highest BCUT2D eigenvalue weighted by molar-refractivity contribution is 5.66. The third kappa shape index (κ3) is 2.58. The van der Waals surface area contributed by atoms with E-state index in [1.54, 1.807) is 0 Å². The van der Waals surface area contributed by atoms with Gasteiger partial charge in [0, 0.05) is 11.8 Å². The summed E-state index contributed by atoms with van der Waals surface area (Å²) in [6.45, 7) is 1.05. The van der Waals surface area contributed by atoms with Crippen LogP contribution in [0.15, 0.2) is 15.8 Å². The molecule has 0 atom stereocenters. The lowest BCUT2D eigenvalue weighted by Crippen LogP contribution is -2.32. The second-order valence-electron chi connectivity index (χ2n) is 2.59. The molecule has 6 heteroatoms. The van der Waals surface area contributed by atoms with Crippen molar-refractivity contribution in [1.29, 1.82) is 0 Å². The molecule has 0 aliphatic heterocycles. The SMILES string of the molecule is C.Cc1cn(CC(=O)O)c(=O)[nH]c1=O. The Balaban J connectivity index is 0.00000169. The maximum Gasteiger partial charge on any atom is 0.328 e. The summed E-state index contributed by atoms with van der Waals surface area (Å²) in [5.74, 6) is -1.13. The lowest BCUT2D eigenvalue weighted by molar-refractivity contribution is -0.137. The zero-order valence-electron chi connectivity index (χ0n) is 6.90. The normalized spacial score (nSPS) is 9.21. The Morgan fingerprint density at radius 2 is 2.14 bits per heavy atom. The lowest BCUT2D eigenvalue weighted by atomic mass is 10.4. The minimum absolute atomic E-state index is 0. The standard InChI is InChI=1S/C7H8N2O4.CH4/c1-4-2-9(3-5(10)11)7(13)8-6(4)12;/h2H,3H2,1H3,(H,10,11)(H,8,12,13);1H4. The van der Waals surface area contributed by atoms with Crippen LogP contribution in [-0.4, -0.2) is 20.6 Å². The van der Waals surface area contributed by atoms with Crippen LogP contribution < -0.4 is 11.2 Å². The number of nitrogens with one attached hydrogen (secondary N) is 1. The molecule has 6 nitrogen and oxygen atoms in total. The van der Waals surface area contributed by atoms with Crippen molar-refractivity contribution >= 4 is 5.97 Å². The average Bonchev–Trinajstić information content (AvgIpc) is 1.99. The first-order chi connectivity index (χ1) is 6.00. The minimum atomic E-state index is -1.13. The van der Waals surface area contributed by atoms with Crippen LogP contribution in [0.3, 0.4) is 0 Å². The molecule has 14 heavy (non-hydrogen) atoms. The number of carboxylic acids is 1. The molecular weight excluding hydrogens is 188 g/mol. The predicted octanol–water partition coefficient (Wildman–Crippen LogP) is -0.434. The Labute approximate surface area is 79.8 Å². The maximum atomic E-state index is 11.0. The van der Waals surface area contributed by atoms with Crippen molar-refractivity contribution < 1.29 is 9.90 Å². The van der Waals surface area contributed by atoms with Gasteiger partial charge < -0.3 is 5.11 Å². The van der Waals surface area contributed by atoms with Gasteiger partial charge >= 0.3 is 11.7 Å². The molecule has 1 aromatic rings. The van der Waals surface area contributed by atoms with Crippen molar-refractivity contribution in [2.24, 2.45) is 0 Å². The van der Waals surface area contributed by atoms with Crippen molar-refractivity contribution in [3.05, 3.63) is 32.6 Å². The highest BCUT2D eigenvalue weighted by Gasteiger charge is 2.03. The lowest BCUT2D eigenvalue weighted by Gasteiger charge is -2.00.